The van der Waals surface area contributed by atoms with E-state index in [1.807, 2.05) is 0 Å². The first-order chi connectivity index (χ1) is 2.27. The summed E-state index contributed by atoms with van der Waals surface area (Å²) in [6.07, 6.45) is 0. The highest BCUT2D eigenvalue weighted by Crippen LogP contribution is 1.74. The zero-order chi connectivity index (χ0) is 4.28. The molecule has 0 aromatic carbocycles. The Labute approximate surface area is 43.2 Å². The van der Waals surface area contributed by atoms with Gasteiger partial charge < -0.3 is 0 Å². The molecule has 0 saturated carbocycles. The minimum atomic E-state index is -0.147. The van der Waals surface area contributed by atoms with Crippen LogP contribution in [0.15, 0.2) is 0 Å². The third kappa shape index (κ3) is 4.78. The maximum absolute atomic E-state index is 4.11. The van der Waals surface area contributed by atoms with Crippen molar-refractivity contribution in [3.63, 3.8) is 0 Å². The highest BCUT2D eigenvalue weighted by molar-refractivity contribution is 7.82. The number of hydrogen-bond donors (Lipinski definition) is 1. The molecular weight excluding hydrogens is 112 g/mol. The maximum Gasteiger partial charge on any atom is 0.0285 e. The van der Waals surface area contributed by atoms with Gasteiger partial charge in [0.05, 0.1) is 0 Å². The smallest absolute Gasteiger partial charge is 0.0285 e. The van der Waals surface area contributed by atoms with Gasteiger partial charge in [-0.05, 0) is 15.1 Å². The zero-order valence-electron chi connectivity index (χ0n) is 3.73. The van der Waals surface area contributed by atoms with E-state index < -0.39 is 0 Å². The molecule has 32 valence electrons. The van der Waals surface area contributed by atoms with E-state index in [0.717, 1.165) is 0 Å². The normalized spacial score (nSPS) is 15.6. The van der Waals surface area contributed by atoms with Crippen molar-refractivity contribution in [1.82, 2.24) is 0 Å². The predicted molar refractivity (Wildman–Crippen MR) is 36.8 cm³/mol. The van der Waals surface area contributed by atoms with Crippen LogP contribution in [-0.4, -0.2) is 23.5 Å². The first-order valence-electron chi connectivity index (χ1n) is 1.88. The third-order valence-corrected chi connectivity index (χ3v) is 6.57. The Bertz CT molecular complexity index is 21.6. The van der Waals surface area contributed by atoms with Crippen LogP contribution >= 0.6 is 12.6 Å². The second-order valence-electron chi connectivity index (χ2n) is 1.58. The minimum Gasteiger partial charge on any atom is -0.183 e. The Hall–Kier alpha value is 0.784. The molecule has 0 heterocycles. The van der Waals surface area contributed by atoms with E-state index in [1.165, 1.54) is 15.1 Å². The average Bonchev–Trinajstić information content (AvgIpc) is 1.38. The topological polar surface area (TPSA) is 0 Å². The summed E-state index contributed by atoms with van der Waals surface area (Å²) in [4.78, 5) is 0. The lowest BCUT2D eigenvalue weighted by atomic mass is 11.9. The SMILES string of the molecule is C[SiH]([SiH3])CS. The second-order valence-corrected chi connectivity index (χ2v) is 11.7. The summed E-state index contributed by atoms with van der Waals surface area (Å²) < 4.78 is 0. The first kappa shape index (κ1) is 5.78. The quantitative estimate of drug-likeness (QED) is 0.341. The second kappa shape index (κ2) is 2.99. The first-order valence-corrected chi connectivity index (χ1v) is 9.10. The zero-order valence-corrected chi connectivity index (χ0v) is 7.78. The molecule has 0 N–H and O–H groups in total. The molecule has 0 aliphatic carbocycles. The Kier molecular flexibility index (Phi) is 3.46. The van der Waals surface area contributed by atoms with Gasteiger partial charge >= 0.3 is 0 Å². The number of thiol groups is 1. The molecule has 1 unspecified atom stereocenters. The fourth-order valence-electron chi connectivity index (χ4n) is 0. The monoisotopic (exact) mass is 122 g/mol. The minimum absolute atomic E-state index is 0.147. The Balaban J connectivity index is 2.54. The van der Waals surface area contributed by atoms with Crippen molar-refractivity contribution in [3.05, 3.63) is 0 Å². The lowest BCUT2D eigenvalue weighted by Gasteiger charge is -1.87. The summed E-state index contributed by atoms with van der Waals surface area (Å²) >= 11 is 4.11. The number of hydrogen-bond acceptors (Lipinski definition) is 1. The van der Waals surface area contributed by atoms with Crippen molar-refractivity contribution in [3.8, 4) is 0 Å². The van der Waals surface area contributed by atoms with Crippen LogP contribution in [0.3, 0.4) is 0 Å². The summed E-state index contributed by atoms with van der Waals surface area (Å²) in [5, 5.41) is 1.20. The van der Waals surface area contributed by atoms with Crippen LogP contribution in [0, 0.1) is 0 Å². The predicted octanol–water partition coefficient (Wildman–Crippen LogP) is -0.826. The van der Waals surface area contributed by atoms with Gasteiger partial charge in [0.2, 0.25) is 0 Å². The van der Waals surface area contributed by atoms with Gasteiger partial charge in [0, 0.05) is 8.31 Å². The van der Waals surface area contributed by atoms with Crippen molar-refractivity contribution >= 4 is 30.7 Å². The molecule has 0 aromatic heterocycles. The van der Waals surface area contributed by atoms with Gasteiger partial charge in [-0.25, -0.2) is 0 Å². The Morgan fingerprint density at radius 1 is 2.00 bits per heavy atom. The van der Waals surface area contributed by atoms with Gasteiger partial charge in [0.25, 0.3) is 0 Å². The highest BCUT2D eigenvalue weighted by Gasteiger charge is 1.83. The molecule has 5 heavy (non-hydrogen) atoms. The van der Waals surface area contributed by atoms with Gasteiger partial charge in [-0.1, -0.05) is 6.55 Å². The molecule has 0 amide bonds. The highest BCUT2D eigenvalue weighted by atomic mass is 32.1. The third-order valence-electron chi connectivity index (χ3n) is 0.365. The van der Waals surface area contributed by atoms with Crippen LogP contribution in [0.5, 0.6) is 0 Å². The largest absolute Gasteiger partial charge is 0.183 e. The van der Waals surface area contributed by atoms with Gasteiger partial charge in [-0.3, -0.25) is 0 Å². The molecule has 0 nitrogen and oxygen atoms in total. The van der Waals surface area contributed by atoms with Crippen molar-refractivity contribution < 1.29 is 0 Å². The molecule has 0 rings (SSSR count). The van der Waals surface area contributed by atoms with Gasteiger partial charge in [0.15, 0.2) is 0 Å². The van der Waals surface area contributed by atoms with E-state index in [1.54, 1.807) is 0 Å². The summed E-state index contributed by atoms with van der Waals surface area (Å²) in [6, 6.07) is 0. The standard InChI is InChI=1S/C2H10SSi2/c1-5(4)2-3/h3,5H,2H2,1,4H3. The molecule has 3 heteroatoms. The van der Waals surface area contributed by atoms with E-state index in [0.29, 0.717) is 0 Å². The lowest BCUT2D eigenvalue weighted by Crippen LogP contribution is -2.07. The Morgan fingerprint density at radius 2 is 2.20 bits per heavy atom. The van der Waals surface area contributed by atoms with E-state index >= 15 is 0 Å². The molecule has 1 atom stereocenters. The average molecular weight is 122 g/mol. The fourth-order valence-corrected chi connectivity index (χ4v) is 0. The van der Waals surface area contributed by atoms with Crippen LogP contribution in [0.4, 0.5) is 0 Å². The van der Waals surface area contributed by atoms with Gasteiger partial charge in [-0.15, -0.1) is 0 Å². The number of rotatable bonds is 1. The van der Waals surface area contributed by atoms with Crippen LogP contribution in [0.25, 0.3) is 0 Å². The lowest BCUT2D eigenvalue weighted by molar-refractivity contribution is 2.05. The molecule has 0 radical (unpaired) electrons. The van der Waals surface area contributed by atoms with E-state index in [-0.39, 0.29) is 8.31 Å². The molecule has 0 saturated heterocycles. The van der Waals surface area contributed by atoms with Crippen molar-refractivity contribution in [1.29, 1.82) is 0 Å². The summed E-state index contributed by atoms with van der Waals surface area (Å²) in [6.45, 7) is 2.35. The molecule has 0 fully saturated rings. The molecule has 0 spiro atoms. The summed E-state index contributed by atoms with van der Waals surface area (Å²) in [5.74, 6) is 0. The van der Waals surface area contributed by atoms with E-state index in [4.69, 9.17) is 0 Å². The molecule has 0 bridgehead atoms. The van der Waals surface area contributed by atoms with Crippen LogP contribution in [0.1, 0.15) is 0 Å². The molecule has 0 aliphatic heterocycles. The van der Waals surface area contributed by atoms with Crippen LogP contribution in [0.2, 0.25) is 6.55 Å². The van der Waals surface area contributed by atoms with E-state index in [2.05, 4.69) is 19.2 Å². The summed E-state index contributed by atoms with van der Waals surface area (Å²) in [5.41, 5.74) is 0. The van der Waals surface area contributed by atoms with Crippen molar-refractivity contribution in [2.24, 2.45) is 0 Å². The molecular formula is C2H10SSi2. The Morgan fingerprint density at radius 3 is 2.20 bits per heavy atom. The maximum atomic E-state index is 4.11. The van der Waals surface area contributed by atoms with Gasteiger partial charge in [0.1, 0.15) is 0 Å². The van der Waals surface area contributed by atoms with Gasteiger partial charge in [-0.2, -0.15) is 12.6 Å². The van der Waals surface area contributed by atoms with Crippen molar-refractivity contribution in [2.45, 2.75) is 6.55 Å². The van der Waals surface area contributed by atoms with Crippen LogP contribution < -0.4 is 0 Å². The summed E-state index contributed by atoms with van der Waals surface area (Å²) in [7, 11) is 1.29. The van der Waals surface area contributed by atoms with E-state index in [9.17, 15) is 0 Å². The van der Waals surface area contributed by atoms with Crippen LogP contribution in [-0.2, 0) is 0 Å². The molecule has 0 aromatic rings. The fraction of sp³-hybridized carbons (Fsp3) is 1.00. The van der Waals surface area contributed by atoms with Crippen molar-refractivity contribution in [2.75, 3.05) is 5.38 Å². The molecule has 0 aliphatic rings.